The predicted molar refractivity (Wildman–Crippen MR) is 79.2 cm³/mol. The van der Waals surface area contributed by atoms with Crippen molar-refractivity contribution in [2.45, 2.75) is 26.8 Å². The second-order valence-electron chi connectivity index (χ2n) is 4.70. The molecule has 0 atom stereocenters. The van der Waals surface area contributed by atoms with E-state index in [0.717, 1.165) is 23.9 Å². The molecule has 0 unspecified atom stereocenters. The Balaban J connectivity index is 2.11. The summed E-state index contributed by atoms with van der Waals surface area (Å²) in [6.45, 7) is 4.74. The number of halogens is 2. The van der Waals surface area contributed by atoms with E-state index in [4.69, 9.17) is 0 Å². The first-order valence-corrected chi connectivity index (χ1v) is 6.86. The summed E-state index contributed by atoms with van der Waals surface area (Å²) in [6.07, 6.45) is 0.828. The zero-order chi connectivity index (χ0) is 15.2. The topological polar surface area (TPSA) is 49.8 Å². The minimum atomic E-state index is -0.720. The molecule has 0 fully saturated rings. The number of anilines is 2. The van der Waals surface area contributed by atoms with Crippen LogP contribution in [0.25, 0.3) is 0 Å². The van der Waals surface area contributed by atoms with Crippen molar-refractivity contribution in [3.05, 3.63) is 47.3 Å². The van der Waals surface area contributed by atoms with Gasteiger partial charge < -0.3 is 10.6 Å². The average molecular weight is 292 g/mol. The molecule has 0 aliphatic rings. The zero-order valence-corrected chi connectivity index (χ0v) is 12.1. The van der Waals surface area contributed by atoms with Gasteiger partial charge in [-0.15, -0.1) is 0 Å². The van der Waals surface area contributed by atoms with Crippen molar-refractivity contribution < 1.29 is 8.78 Å². The van der Waals surface area contributed by atoms with Gasteiger partial charge in [-0.05, 0) is 25.5 Å². The Labute approximate surface area is 122 Å². The van der Waals surface area contributed by atoms with Crippen molar-refractivity contribution in [3.8, 4) is 0 Å². The van der Waals surface area contributed by atoms with E-state index in [1.165, 1.54) is 0 Å². The van der Waals surface area contributed by atoms with Gasteiger partial charge in [0, 0.05) is 18.3 Å². The lowest BCUT2D eigenvalue weighted by Gasteiger charge is -2.10. The first-order chi connectivity index (χ1) is 10.1. The van der Waals surface area contributed by atoms with Gasteiger partial charge in [-0.2, -0.15) is 0 Å². The summed E-state index contributed by atoms with van der Waals surface area (Å²) in [6, 6.07) is 6.42. The Hall–Kier alpha value is -2.24. The van der Waals surface area contributed by atoms with Crippen LogP contribution in [0.2, 0.25) is 0 Å². The lowest BCUT2D eigenvalue weighted by molar-refractivity contribution is 0.577. The van der Waals surface area contributed by atoms with Crippen LogP contribution in [0.4, 0.5) is 20.4 Å². The first kappa shape index (κ1) is 15.2. The van der Waals surface area contributed by atoms with E-state index in [2.05, 4.69) is 20.6 Å². The molecule has 2 rings (SSSR count). The lowest BCUT2D eigenvalue weighted by Crippen LogP contribution is -2.10. The summed E-state index contributed by atoms with van der Waals surface area (Å²) in [4.78, 5) is 8.25. The molecular weight excluding hydrogens is 274 g/mol. The molecule has 0 amide bonds. The van der Waals surface area contributed by atoms with Crippen LogP contribution in [0.1, 0.15) is 24.7 Å². The highest BCUT2D eigenvalue weighted by molar-refractivity contribution is 5.47. The minimum Gasteiger partial charge on any atom is -0.368 e. The second kappa shape index (κ2) is 6.97. The van der Waals surface area contributed by atoms with E-state index < -0.39 is 11.6 Å². The predicted octanol–water partition coefficient (Wildman–Crippen LogP) is 3.50. The van der Waals surface area contributed by atoms with Crippen LogP contribution in [0.15, 0.2) is 24.3 Å². The molecule has 4 nitrogen and oxygen atoms in total. The molecule has 0 aromatic carbocycles. The Morgan fingerprint density at radius 3 is 2.43 bits per heavy atom. The van der Waals surface area contributed by atoms with Crippen LogP contribution >= 0.6 is 0 Å². The Bertz CT molecular complexity index is 617. The minimum absolute atomic E-state index is 0.0123. The second-order valence-corrected chi connectivity index (χ2v) is 4.70. The van der Waals surface area contributed by atoms with E-state index in [1.54, 1.807) is 0 Å². The molecule has 0 spiro atoms. The fraction of sp³-hybridized carbons (Fsp3) is 0.333. The van der Waals surface area contributed by atoms with E-state index >= 15 is 0 Å². The number of hydrogen-bond acceptors (Lipinski definition) is 4. The van der Waals surface area contributed by atoms with Crippen molar-refractivity contribution in [3.63, 3.8) is 0 Å². The zero-order valence-electron chi connectivity index (χ0n) is 12.1. The van der Waals surface area contributed by atoms with E-state index in [9.17, 15) is 8.78 Å². The normalized spacial score (nSPS) is 10.5. The fourth-order valence-electron chi connectivity index (χ4n) is 1.83. The number of pyridine rings is 2. The third-order valence-electron chi connectivity index (χ3n) is 2.85. The van der Waals surface area contributed by atoms with Gasteiger partial charge in [0.15, 0.2) is 23.3 Å². The molecule has 2 heterocycles. The maximum absolute atomic E-state index is 13.7. The molecule has 0 aliphatic carbocycles. The summed E-state index contributed by atoms with van der Waals surface area (Å²) in [5.74, 6) is -1.35. The number of rotatable bonds is 6. The maximum Gasteiger partial charge on any atom is 0.168 e. The number of nitrogens with zero attached hydrogens (tertiary/aromatic N) is 2. The molecule has 2 N–H and O–H groups in total. The van der Waals surface area contributed by atoms with E-state index in [-0.39, 0.29) is 11.6 Å². The molecule has 0 saturated carbocycles. The summed E-state index contributed by atoms with van der Waals surface area (Å²) >= 11 is 0. The molecule has 0 saturated heterocycles. The largest absolute Gasteiger partial charge is 0.368 e. The lowest BCUT2D eigenvalue weighted by atomic mass is 10.3. The van der Waals surface area contributed by atoms with Crippen molar-refractivity contribution in [2.24, 2.45) is 0 Å². The first-order valence-electron chi connectivity index (χ1n) is 6.86. The Morgan fingerprint density at radius 1 is 1.05 bits per heavy atom. The van der Waals surface area contributed by atoms with Crippen LogP contribution in [0.3, 0.4) is 0 Å². The Morgan fingerprint density at radius 2 is 1.76 bits per heavy atom. The van der Waals surface area contributed by atoms with Gasteiger partial charge in [0.05, 0.1) is 12.2 Å². The van der Waals surface area contributed by atoms with E-state index in [0.29, 0.717) is 13.1 Å². The molecule has 0 aliphatic heterocycles. The summed E-state index contributed by atoms with van der Waals surface area (Å²) in [5, 5.41) is 5.67. The highest BCUT2D eigenvalue weighted by atomic mass is 19.1. The number of aryl methyl sites for hydroxylation is 1. The molecule has 0 bridgehead atoms. The third kappa shape index (κ3) is 4.11. The van der Waals surface area contributed by atoms with Crippen LogP contribution in [0.5, 0.6) is 0 Å². The van der Waals surface area contributed by atoms with Crippen molar-refractivity contribution >= 4 is 11.6 Å². The van der Waals surface area contributed by atoms with Gasteiger partial charge in [-0.25, -0.2) is 13.8 Å². The van der Waals surface area contributed by atoms with Gasteiger partial charge in [0.2, 0.25) is 0 Å². The molecule has 2 aromatic rings. The number of nitrogens with one attached hydrogen (secondary N) is 2. The smallest absolute Gasteiger partial charge is 0.168 e. The monoisotopic (exact) mass is 292 g/mol. The molecule has 21 heavy (non-hydrogen) atoms. The molecule has 112 valence electrons. The van der Waals surface area contributed by atoms with Crippen LogP contribution in [-0.2, 0) is 6.54 Å². The van der Waals surface area contributed by atoms with Gasteiger partial charge in [0.1, 0.15) is 0 Å². The van der Waals surface area contributed by atoms with Gasteiger partial charge >= 0.3 is 0 Å². The van der Waals surface area contributed by atoms with Gasteiger partial charge in [-0.3, -0.25) is 4.98 Å². The van der Waals surface area contributed by atoms with E-state index in [1.807, 2.05) is 32.0 Å². The van der Waals surface area contributed by atoms with Gasteiger partial charge in [-0.1, -0.05) is 13.0 Å². The number of aromatic nitrogens is 2. The third-order valence-corrected chi connectivity index (χ3v) is 2.85. The highest BCUT2D eigenvalue weighted by Gasteiger charge is 2.11. The Kier molecular flexibility index (Phi) is 5.03. The van der Waals surface area contributed by atoms with Crippen molar-refractivity contribution in [1.82, 2.24) is 9.97 Å². The maximum atomic E-state index is 13.7. The van der Waals surface area contributed by atoms with Crippen molar-refractivity contribution in [2.75, 3.05) is 17.2 Å². The van der Waals surface area contributed by atoms with Crippen LogP contribution in [-0.4, -0.2) is 16.5 Å². The summed E-state index contributed by atoms with van der Waals surface area (Å²) in [7, 11) is 0. The van der Waals surface area contributed by atoms with Crippen molar-refractivity contribution in [1.29, 1.82) is 0 Å². The van der Waals surface area contributed by atoms with Crippen LogP contribution < -0.4 is 10.6 Å². The molecular formula is C15H18F2N4. The summed E-state index contributed by atoms with van der Waals surface area (Å²) in [5.41, 5.74) is 1.65. The molecule has 0 radical (unpaired) electrons. The number of hydrogen-bond donors (Lipinski definition) is 2. The molecule has 6 heteroatoms. The van der Waals surface area contributed by atoms with Gasteiger partial charge in [0.25, 0.3) is 0 Å². The summed E-state index contributed by atoms with van der Waals surface area (Å²) < 4.78 is 27.3. The quantitative estimate of drug-likeness (QED) is 0.855. The standard InChI is InChI=1S/C15H18F2N4/c1-3-7-18-14-12(16)8-13(17)15(21-14)19-9-11-6-4-5-10(2)20-11/h4-6,8H,3,7,9H2,1-2H3,(H2,18,19,21). The highest BCUT2D eigenvalue weighted by Crippen LogP contribution is 2.19. The average Bonchev–Trinajstić information content (AvgIpc) is 2.45. The SMILES string of the molecule is CCCNc1nc(NCc2cccc(C)n2)c(F)cc1F. The molecule has 2 aromatic heterocycles. The fourth-order valence-corrected chi connectivity index (χ4v) is 1.83. The van der Waals surface area contributed by atoms with Crippen LogP contribution in [0, 0.1) is 18.6 Å².